The lowest BCUT2D eigenvalue weighted by atomic mass is 9.93. The van der Waals surface area contributed by atoms with Gasteiger partial charge < -0.3 is 15.7 Å². The molecule has 0 spiro atoms. The van der Waals surface area contributed by atoms with Crippen LogP contribution in [0.15, 0.2) is 18.2 Å². The summed E-state index contributed by atoms with van der Waals surface area (Å²) >= 11 is 6.01. The zero-order valence-corrected chi connectivity index (χ0v) is 12.7. The van der Waals surface area contributed by atoms with Crippen LogP contribution in [0.3, 0.4) is 0 Å². The molecule has 1 aromatic rings. The summed E-state index contributed by atoms with van der Waals surface area (Å²) < 4.78 is 0. The molecule has 0 bridgehead atoms. The van der Waals surface area contributed by atoms with Crippen LogP contribution in [0, 0.1) is 6.92 Å². The van der Waals surface area contributed by atoms with Gasteiger partial charge in [-0.3, -0.25) is 4.79 Å². The Balaban J connectivity index is 2.06. The number of carboxylic acid groups (broad SMARTS) is 1. The molecule has 0 aliphatic heterocycles. The highest BCUT2D eigenvalue weighted by Crippen LogP contribution is 2.33. The predicted molar refractivity (Wildman–Crippen MR) is 81.8 cm³/mol. The maximum absolute atomic E-state index is 12.2. The first-order chi connectivity index (χ1) is 9.92. The van der Waals surface area contributed by atoms with Gasteiger partial charge in [0.25, 0.3) is 0 Å². The van der Waals surface area contributed by atoms with E-state index in [1.807, 2.05) is 6.92 Å². The average Bonchev–Trinajstić information content (AvgIpc) is 2.82. The Kier molecular flexibility index (Phi) is 4.73. The molecule has 1 aliphatic rings. The minimum Gasteiger partial charge on any atom is -0.481 e. The van der Waals surface area contributed by atoms with E-state index in [9.17, 15) is 9.59 Å². The van der Waals surface area contributed by atoms with Crippen LogP contribution in [-0.4, -0.2) is 22.6 Å². The van der Waals surface area contributed by atoms with Gasteiger partial charge in [0.05, 0.1) is 12.0 Å². The van der Waals surface area contributed by atoms with Gasteiger partial charge in [0.15, 0.2) is 0 Å². The van der Waals surface area contributed by atoms with Crippen LogP contribution in [0.25, 0.3) is 0 Å². The van der Waals surface area contributed by atoms with E-state index in [0.29, 0.717) is 23.6 Å². The van der Waals surface area contributed by atoms with Crippen LogP contribution in [0.1, 0.15) is 37.7 Å². The van der Waals surface area contributed by atoms with E-state index >= 15 is 0 Å². The molecule has 1 fully saturated rings. The number of carbonyl (C=O) groups excluding carboxylic acids is 1. The Morgan fingerprint density at radius 2 is 2.00 bits per heavy atom. The maximum Gasteiger partial charge on any atom is 0.319 e. The summed E-state index contributed by atoms with van der Waals surface area (Å²) in [5, 5.41) is 15.2. The molecule has 2 rings (SSSR count). The van der Waals surface area contributed by atoms with E-state index in [4.69, 9.17) is 16.7 Å². The summed E-state index contributed by atoms with van der Waals surface area (Å²) in [5.74, 6) is -0.892. The van der Waals surface area contributed by atoms with Crippen molar-refractivity contribution < 1.29 is 14.7 Å². The topological polar surface area (TPSA) is 78.4 Å². The van der Waals surface area contributed by atoms with E-state index < -0.39 is 11.5 Å². The van der Waals surface area contributed by atoms with Crippen molar-refractivity contribution in [2.45, 2.75) is 44.6 Å². The van der Waals surface area contributed by atoms with Gasteiger partial charge in [0, 0.05) is 10.7 Å². The van der Waals surface area contributed by atoms with Crippen LogP contribution in [0.2, 0.25) is 5.02 Å². The summed E-state index contributed by atoms with van der Waals surface area (Å²) in [7, 11) is 0. The van der Waals surface area contributed by atoms with Crippen LogP contribution in [0.5, 0.6) is 0 Å². The predicted octanol–water partition coefficient (Wildman–Crippen LogP) is 3.56. The number of hydrogen-bond donors (Lipinski definition) is 3. The van der Waals surface area contributed by atoms with Gasteiger partial charge in [0.2, 0.25) is 0 Å². The fourth-order valence-corrected chi connectivity index (χ4v) is 3.00. The first kappa shape index (κ1) is 15.6. The molecule has 1 aliphatic carbocycles. The SMILES string of the molecule is Cc1c(Cl)cccc1NC(=O)NC1(CC(=O)O)CCCC1. The fraction of sp³-hybridized carbons (Fsp3) is 0.467. The second-order valence-corrected chi connectivity index (χ2v) is 5.96. The summed E-state index contributed by atoms with van der Waals surface area (Å²) in [4.78, 5) is 23.2. The van der Waals surface area contributed by atoms with Crippen molar-refractivity contribution in [1.29, 1.82) is 0 Å². The number of halogens is 1. The zero-order valence-electron chi connectivity index (χ0n) is 11.9. The zero-order chi connectivity index (χ0) is 15.5. The molecule has 0 heterocycles. The maximum atomic E-state index is 12.2. The highest BCUT2D eigenvalue weighted by Gasteiger charge is 2.37. The van der Waals surface area contributed by atoms with Crippen LogP contribution in [-0.2, 0) is 4.79 Å². The molecule has 21 heavy (non-hydrogen) atoms. The molecule has 0 unspecified atom stereocenters. The molecule has 2 amide bonds. The number of carbonyl (C=O) groups is 2. The standard InChI is InChI=1S/C15H19ClN2O3/c1-10-11(16)5-4-6-12(10)17-14(21)18-15(9-13(19)20)7-2-3-8-15/h4-6H,2-3,7-9H2,1H3,(H,19,20)(H2,17,18,21). The Morgan fingerprint density at radius 3 is 2.62 bits per heavy atom. The quantitative estimate of drug-likeness (QED) is 0.795. The first-order valence-corrected chi connectivity index (χ1v) is 7.36. The number of rotatable bonds is 4. The molecule has 1 saturated carbocycles. The van der Waals surface area contributed by atoms with Gasteiger partial charge in [-0.2, -0.15) is 0 Å². The minimum absolute atomic E-state index is 0.0467. The van der Waals surface area contributed by atoms with Crippen LogP contribution < -0.4 is 10.6 Å². The van der Waals surface area contributed by atoms with Gasteiger partial charge in [-0.25, -0.2) is 4.79 Å². The van der Waals surface area contributed by atoms with Crippen molar-refractivity contribution in [2.24, 2.45) is 0 Å². The molecule has 0 aromatic heterocycles. The highest BCUT2D eigenvalue weighted by molar-refractivity contribution is 6.31. The largest absolute Gasteiger partial charge is 0.481 e. The number of benzene rings is 1. The molecule has 0 atom stereocenters. The third kappa shape index (κ3) is 3.88. The van der Waals surface area contributed by atoms with E-state index in [1.54, 1.807) is 18.2 Å². The summed E-state index contributed by atoms with van der Waals surface area (Å²) in [6.45, 7) is 1.82. The van der Waals surface area contributed by atoms with Crippen molar-refractivity contribution in [3.8, 4) is 0 Å². The van der Waals surface area contributed by atoms with Gasteiger partial charge in [0.1, 0.15) is 0 Å². The average molecular weight is 311 g/mol. The van der Waals surface area contributed by atoms with Crippen molar-refractivity contribution >= 4 is 29.3 Å². The number of hydrogen-bond acceptors (Lipinski definition) is 2. The summed E-state index contributed by atoms with van der Waals surface area (Å²) in [5.41, 5.74) is 0.777. The van der Waals surface area contributed by atoms with Gasteiger partial charge >= 0.3 is 12.0 Å². The summed E-state index contributed by atoms with van der Waals surface area (Å²) in [6.07, 6.45) is 3.21. The molecule has 5 nitrogen and oxygen atoms in total. The van der Waals surface area contributed by atoms with Gasteiger partial charge in [-0.1, -0.05) is 30.5 Å². The van der Waals surface area contributed by atoms with E-state index in [-0.39, 0.29) is 12.5 Å². The monoisotopic (exact) mass is 310 g/mol. The lowest BCUT2D eigenvalue weighted by Crippen LogP contribution is -2.49. The van der Waals surface area contributed by atoms with E-state index in [1.165, 1.54) is 0 Å². The van der Waals surface area contributed by atoms with Crippen molar-refractivity contribution in [1.82, 2.24) is 5.32 Å². The molecule has 3 N–H and O–H groups in total. The number of nitrogens with one attached hydrogen (secondary N) is 2. The third-order valence-corrected chi connectivity index (χ3v) is 4.35. The minimum atomic E-state index is -0.892. The second kappa shape index (κ2) is 6.35. The first-order valence-electron chi connectivity index (χ1n) is 6.98. The lowest BCUT2D eigenvalue weighted by Gasteiger charge is -2.28. The molecule has 0 radical (unpaired) electrons. The van der Waals surface area contributed by atoms with Gasteiger partial charge in [-0.05, 0) is 37.5 Å². The molecular formula is C15H19ClN2O3. The van der Waals surface area contributed by atoms with Crippen molar-refractivity contribution in [3.63, 3.8) is 0 Å². The summed E-state index contributed by atoms with van der Waals surface area (Å²) in [6, 6.07) is 4.89. The number of carboxylic acids is 1. The number of urea groups is 1. The Hall–Kier alpha value is -1.75. The molecule has 114 valence electrons. The Morgan fingerprint density at radius 1 is 1.33 bits per heavy atom. The van der Waals surface area contributed by atoms with Crippen LogP contribution >= 0.6 is 11.6 Å². The Labute approximate surface area is 128 Å². The normalized spacial score (nSPS) is 16.5. The van der Waals surface area contributed by atoms with Gasteiger partial charge in [-0.15, -0.1) is 0 Å². The number of aliphatic carboxylic acids is 1. The Bertz CT molecular complexity index is 554. The molecule has 0 saturated heterocycles. The number of anilines is 1. The van der Waals surface area contributed by atoms with Crippen molar-refractivity contribution in [2.75, 3.05) is 5.32 Å². The molecule has 6 heteroatoms. The number of amides is 2. The highest BCUT2D eigenvalue weighted by atomic mass is 35.5. The van der Waals surface area contributed by atoms with E-state index in [0.717, 1.165) is 18.4 Å². The smallest absolute Gasteiger partial charge is 0.319 e. The van der Waals surface area contributed by atoms with E-state index in [2.05, 4.69) is 10.6 Å². The third-order valence-electron chi connectivity index (χ3n) is 3.94. The molecular weight excluding hydrogens is 292 g/mol. The second-order valence-electron chi connectivity index (χ2n) is 5.55. The lowest BCUT2D eigenvalue weighted by molar-refractivity contribution is -0.138. The van der Waals surface area contributed by atoms with Crippen molar-refractivity contribution in [3.05, 3.63) is 28.8 Å². The van der Waals surface area contributed by atoms with Crippen LogP contribution in [0.4, 0.5) is 10.5 Å². The molecule has 1 aromatic carbocycles. The fourth-order valence-electron chi connectivity index (χ4n) is 2.82.